The minimum absolute atomic E-state index is 0.0747. The van der Waals surface area contributed by atoms with Gasteiger partial charge in [0, 0.05) is 5.92 Å². The van der Waals surface area contributed by atoms with E-state index in [0.717, 1.165) is 12.8 Å². The first-order valence-electron chi connectivity index (χ1n) is 8.29. The zero-order valence-electron chi connectivity index (χ0n) is 14.1. The van der Waals surface area contributed by atoms with E-state index in [4.69, 9.17) is 4.74 Å². The number of hydrogen-bond donors (Lipinski definition) is 0. The van der Waals surface area contributed by atoms with Crippen molar-refractivity contribution >= 4 is 5.97 Å². The number of carbonyl (C=O) groups excluding carboxylic acids is 1. The molecule has 1 aliphatic rings. The number of hydrogen-bond acceptors (Lipinski definition) is 2. The van der Waals surface area contributed by atoms with Crippen LogP contribution in [0.15, 0.2) is 54.6 Å². The minimum Gasteiger partial charge on any atom is -0.460 e. The van der Waals surface area contributed by atoms with E-state index in [1.807, 2.05) is 26.8 Å². The summed E-state index contributed by atoms with van der Waals surface area (Å²) < 4.78 is 5.64. The maximum atomic E-state index is 12.6. The number of benzene rings is 2. The quantitative estimate of drug-likeness (QED) is 0.750. The van der Waals surface area contributed by atoms with E-state index < -0.39 is 5.60 Å². The van der Waals surface area contributed by atoms with Crippen molar-refractivity contribution in [1.29, 1.82) is 0 Å². The van der Waals surface area contributed by atoms with E-state index in [9.17, 15) is 4.79 Å². The molecule has 1 aliphatic carbocycles. The van der Waals surface area contributed by atoms with Crippen molar-refractivity contribution in [3.63, 3.8) is 0 Å². The van der Waals surface area contributed by atoms with Crippen LogP contribution < -0.4 is 0 Å². The molecule has 0 aromatic heterocycles. The second-order valence-electron chi connectivity index (χ2n) is 7.33. The van der Waals surface area contributed by atoms with Gasteiger partial charge in [0.2, 0.25) is 0 Å². The van der Waals surface area contributed by atoms with Gasteiger partial charge in [0.05, 0.1) is 5.92 Å². The summed E-state index contributed by atoms with van der Waals surface area (Å²) in [6, 6.07) is 18.9. The molecule has 0 aliphatic heterocycles. The molecule has 2 nitrogen and oxygen atoms in total. The van der Waals surface area contributed by atoms with Crippen molar-refractivity contribution < 1.29 is 9.53 Å². The molecule has 0 spiro atoms. The number of ether oxygens (including phenoxy) is 1. The third-order valence-electron chi connectivity index (χ3n) is 4.36. The van der Waals surface area contributed by atoms with E-state index in [1.54, 1.807) is 0 Å². The summed E-state index contributed by atoms with van der Waals surface area (Å²) >= 11 is 0. The highest BCUT2D eigenvalue weighted by Crippen LogP contribution is 2.39. The molecular formula is C21H24O2. The van der Waals surface area contributed by atoms with Crippen LogP contribution in [-0.2, 0) is 16.0 Å². The second kappa shape index (κ2) is 6.19. The molecule has 2 aromatic rings. The van der Waals surface area contributed by atoms with E-state index in [-0.39, 0.29) is 17.8 Å². The molecular weight excluding hydrogens is 284 g/mol. The Morgan fingerprint density at radius 1 is 1.00 bits per heavy atom. The molecule has 3 rings (SSSR count). The van der Waals surface area contributed by atoms with Gasteiger partial charge in [0.25, 0.3) is 0 Å². The summed E-state index contributed by atoms with van der Waals surface area (Å²) in [4.78, 5) is 12.6. The van der Waals surface area contributed by atoms with Crippen LogP contribution in [0.4, 0.5) is 0 Å². The molecule has 0 fully saturated rings. The van der Waals surface area contributed by atoms with Crippen LogP contribution in [0.25, 0.3) is 0 Å². The summed E-state index contributed by atoms with van der Waals surface area (Å²) in [5, 5.41) is 0. The van der Waals surface area contributed by atoms with Crippen LogP contribution in [0.1, 0.15) is 49.8 Å². The Morgan fingerprint density at radius 2 is 1.65 bits per heavy atom. The Bertz CT molecular complexity index is 682. The monoisotopic (exact) mass is 308 g/mol. The van der Waals surface area contributed by atoms with Gasteiger partial charge in [-0.2, -0.15) is 0 Å². The molecule has 2 aromatic carbocycles. The first-order valence-corrected chi connectivity index (χ1v) is 8.29. The Kier molecular flexibility index (Phi) is 4.25. The molecule has 1 unspecified atom stereocenters. The van der Waals surface area contributed by atoms with Crippen LogP contribution in [0.2, 0.25) is 0 Å². The fraction of sp³-hybridized carbons (Fsp3) is 0.381. The zero-order valence-corrected chi connectivity index (χ0v) is 14.1. The van der Waals surface area contributed by atoms with Gasteiger partial charge < -0.3 is 4.74 Å². The summed E-state index contributed by atoms with van der Waals surface area (Å²) in [5.74, 6) is 0.112. The summed E-state index contributed by atoms with van der Waals surface area (Å²) in [7, 11) is 0. The number of fused-ring (bicyclic) bond motifs is 1. The predicted molar refractivity (Wildman–Crippen MR) is 92.4 cm³/mol. The topological polar surface area (TPSA) is 26.3 Å². The van der Waals surface area contributed by atoms with Gasteiger partial charge in [-0.1, -0.05) is 54.6 Å². The van der Waals surface area contributed by atoms with Gasteiger partial charge in [0.15, 0.2) is 0 Å². The number of carbonyl (C=O) groups is 1. The van der Waals surface area contributed by atoms with Crippen molar-refractivity contribution in [1.82, 2.24) is 0 Å². The lowest BCUT2D eigenvalue weighted by molar-refractivity contribution is -0.160. The average Bonchev–Trinajstić information content (AvgIpc) is 2.53. The average molecular weight is 308 g/mol. The Labute approximate surface area is 138 Å². The highest BCUT2D eigenvalue weighted by atomic mass is 16.6. The molecule has 0 saturated carbocycles. The van der Waals surface area contributed by atoms with E-state index >= 15 is 0 Å². The van der Waals surface area contributed by atoms with Crippen LogP contribution in [0.5, 0.6) is 0 Å². The van der Waals surface area contributed by atoms with Crippen molar-refractivity contribution in [2.75, 3.05) is 0 Å². The third kappa shape index (κ3) is 3.64. The highest BCUT2D eigenvalue weighted by Gasteiger charge is 2.34. The van der Waals surface area contributed by atoms with Crippen LogP contribution in [-0.4, -0.2) is 11.6 Å². The van der Waals surface area contributed by atoms with Crippen LogP contribution >= 0.6 is 0 Å². The summed E-state index contributed by atoms with van der Waals surface area (Å²) in [6.45, 7) is 5.78. The number of esters is 1. The first-order chi connectivity index (χ1) is 10.9. The molecule has 0 saturated heterocycles. The van der Waals surface area contributed by atoms with Crippen molar-refractivity contribution in [3.05, 3.63) is 71.3 Å². The lowest BCUT2D eigenvalue weighted by Gasteiger charge is -2.32. The van der Waals surface area contributed by atoms with Crippen LogP contribution in [0, 0.1) is 5.92 Å². The summed E-state index contributed by atoms with van der Waals surface area (Å²) in [5.41, 5.74) is 3.45. The van der Waals surface area contributed by atoms with Gasteiger partial charge in [0.1, 0.15) is 5.60 Å². The van der Waals surface area contributed by atoms with Gasteiger partial charge in [-0.15, -0.1) is 0 Å². The fourth-order valence-electron chi connectivity index (χ4n) is 3.39. The molecule has 0 N–H and O–H groups in total. The van der Waals surface area contributed by atoms with Crippen LogP contribution in [0.3, 0.4) is 0 Å². The van der Waals surface area contributed by atoms with Gasteiger partial charge in [-0.3, -0.25) is 4.79 Å². The molecule has 2 heteroatoms. The Balaban J connectivity index is 1.92. The molecule has 120 valence electrons. The molecule has 0 heterocycles. The smallest absolute Gasteiger partial charge is 0.309 e. The van der Waals surface area contributed by atoms with Gasteiger partial charge >= 0.3 is 5.97 Å². The number of rotatable bonds is 2. The maximum absolute atomic E-state index is 12.6. The Morgan fingerprint density at radius 3 is 2.35 bits per heavy atom. The van der Waals surface area contributed by atoms with Crippen molar-refractivity contribution in [3.8, 4) is 0 Å². The van der Waals surface area contributed by atoms with Crippen molar-refractivity contribution in [2.45, 2.75) is 45.1 Å². The van der Waals surface area contributed by atoms with Gasteiger partial charge in [-0.05, 0) is 50.3 Å². The SMILES string of the molecule is CC(C)(C)OC(=O)C1Cc2ccccc2[C@H](c2ccccc2)C1. The maximum Gasteiger partial charge on any atom is 0.309 e. The highest BCUT2D eigenvalue weighted by molar-refractivity contribution is 5.74. The lowest BCUT2D eigenvalue weighted by atomic mass is 9.74. The molecule has 2 atom stereocenters. The first kappa shape index (κ1) is 15.8. The largest absolute Gasteiger partial charge is 0.460 e. The molecule has 0 amide bonds. The lowest BCUT2D eigenvalue weighted by Crippen LogP contribution is -2.33. The minimum atomic E-state index is -0.434. The predicted octanol–water partition coefficient (Wildman–Crippen LogP) is 4.72. The normalized spacial score (nSPS) is 20.7. The summed E-state index contributed by atoms with van der Waals surface area (Å²) in [6.07, 6.45) is 1.59. The zero-order chi connectivity index (χ0) is 16.4. The second-order valence-corrected chi connectivity index (χ2v) is 7.33. The van der Waals surface area contributed by atoms with E-state index in [1.165, 1.54) is 16.7 Å². The fourth-order valence-corrected chi connectivity index (χ4v) is 3.39. The van der Waals surface area contributed by atoms with Crippen molar-refractivity contribution in [2.24, 2.45) is 5.92 Å². The molecule has 0 radical (unpaired) electrons. The third-order valence-corrected chi connectivity index (χ3v) is 4.36. The molecule has 0 bridgehead atoms. The van der Waals surface area contributed by atoms with E-state index in [2.05, 4.69) is 48.5 Å². The van der Waals surface area contributed by atoms with E-state index in [0.29, 0.717) is 0 Å². The standard InChI is InChI=1S/C21H24O2/c1-21(2,3)23-20(22)17-13-16-11-7-8-12-18(16)19(14-17)15-9-5-4-6-10-15/h4-12,17,19H,13-14H2,1-3H3/t17?,19-/m0/s1. The molecule has 23 heavy (non-hydrogen) atoms. The Hall–Kier alpha value is -2.09. The van der Waals surface area contributed by atoms with Gasteiger partial charge in [-0.25, -0.2) is 0 Å².